The molecule has 0 saturated carbocycles. The van der Waals surface area contributed by atoms with Crippen LogP contribution in [0.5, 0.6) is 0 Å². The lowest BCUT2D eigenvalue weighted by Gasteiger charge is -2.24. The van der Waals surface area contributed by atoms with Gasteiger partial charge in [-0.25, -0.2) is 4.79 Å². The molecule has 3 atom stereocenters. The van der Waals surface area contributed by atoms with E-state index in [0.29, 0.717) is 0 Å². The van der Waals surface area contributed by atoms with Crippen molar-refractivity contribution >= 4 is 17.8 Å². The van der Waals surface area contributed by atoms with E-state index < -0.39 is 29.9 Å². The standard InChI is InChI=1S/C11H18N2O6/c1-19-6-4-8(11(17)18)13(5-6)10(16)7(12)2-3-9(14)15/h6-8H,2-5,12H2,1H3,(H,14,15)(H,17,18). The van der Waals surface area contributed by atoms with Gasteiger partial charge in [-0.1, -0.05) is 0 Å². The summed E-state index contributed by atoms with van der Waals surface area (Å²) in [6.07, 6.45) is -0.374. The maximum absolute atomic E-state index is 12.0. The summed E-state index contributed by atoms with van der Waals surface area (Å²) in [4.78, 5) is 34.7. The van der Waals surface area contributed by atoms with Gasteiger partial charge in [0.2, 0.25) is 5.91 Å². The van der Waals surface area contributed by atoms with Gasteiger partial charge in [0.05, 0.1) is 12.1 Å². The van der Waals surface area contributed by atoms with Crippen LogP contribution in [-0.2, 0) is 19.1 Å². The van der Waals surface area contributed by atoms with Gasteiger partial charge in [-0.2, -0.15) is 0 Å². The molecular formula is C11H18N2O6. The van der Waals surface area contributed by atoms with E-state index in [0.717, 1.165) is 4.90 Å². The van der Waals surface area contributed by atoms with Gasteiger partial charge in [0.25, 0.3) is 0 Å². The molecule has 19 heavy (non-hydrogen) atoms. The van der Waals surface area contributed by atoms with Crippen LogP contribution in [-0.4, -0.2) is 64.8 Å². The molecule has 1 saturated heterocycles. The molecule has 1 amide bonds. The van der Waals surface area contributed by atoms with Crippen LogP contribution >= 0.6 is 0 Å². The Labute approximate surface area is 110 Å². The van der Waals surface area contributed by atoms with E-state index >= 15 is 0 Å². The highest BCUT2D eigenvalue weighted by molar-refractivity contribution is 5.87. The number of hydrogen-bond acceptors (Lipinski definition) is 5. The number of rotatable bonds is 6. The largest absolute Gasteiger partial charge is 0.481 e. The fourth-order valence-electron chi connectivity index (χ4n) is 2.06. The van der Waals surface area contributed by atoms with E-state index in [1.165, 1.54) is 7.11 Å². The number of likely N-dealkylation sites (tertiary alicyclic amines) is 1. The Kier molecular flexibility index (Phi) is 5.25. The Balaban J connectivity index is 2.67. The van der Waals surface area contributed by atoms with Gasteiger partial charge in [0, 0.05) is 26.5 Å². The van der Waals surface area contributed by atoms with Crippen molar-refractivity contribution in [3.63, 3.8) is 0 Å². The van der Waals surface area contributed by atoms with Crippen LogP contribution in [0.1, 0.15) is 19.3 Å². The van der Waals surface area contributed by atoms with E-state index in [-0.39, 0.29) is 31.9 Å². The number of carbonyl (C=O) groups excluding carboxylic acids is 1. The smallest absolute Gasteiger partial charge is 0.326 e. The highest BCUT2D eigenvalue weighted by atomic mass is 16.5. The van der Waals surface area contributed by atoms with Crippen LogP contribution in [0.4, 0.5) is 0 Å². The van der Waals surface area contributed by atoms with Gasteiger partial charge in [-0.3, -0.25) is 9.59 Å². The molecule has 0 radical (unpaired) electrons. The van der Waals surface area contributed by atoms with E-state index in [9.17, 15) is 14.4 Å². The maximum atomic E-state index is 12.0. The molecule has 1 aliphatic heterocycles. The molecule has 1 heterocycles. The van der Waals surface area contributed by atoms with E-state index in [4.69, 9.17) is 20.7 Å². The molecule has 0 aromatic rings. The average molecular weight is 274 g/mol. The zero-order valence-corrected chi connectivity index (χ0v) is 10.6. The van der Waals surface area contributed by atoms with E-state index in [1.807, 2.05) is 0 Å². The number of nitrogens with two attached hydrogens (primary N) is 1. The average Bonchev–Trinajstić information content (AvgIpc) is 2.79. The minimum Gasteiger partial charge on any atom is -0.481 e. The molecule has 0 aromatic carbocycles. The highest BCUT2D eigenvalue weighted by Gasteiger charge is 2.41. The molecule has 0 aliphatic carbocycles. The number of nitrogens with zero attached hydrogens (tertiary/aromatic N) is 1. The summed E-state index contributed by atoms with van der Waals surface area (Å²) in [5, 5.41) is 17.6. The Bertz CT molecular complexity index is 372. The number of hydrogen-bond donors (Lipinski definition) is 3. The summed E-state index contributed by atoms with van der Waals surface area (Å²) in [6, 6.07) is -1.97. The second-order valence-corrected chi connectivity index (χ2v) is 4.48. The number of aliphatic carboxylic acids is 2. The lowest BCUT2D eigenvalue weighted by Crippen LogP contribution is -2.48. The molecule has 0 bridgehead atoms. The topological polar surface area (TPSA) is 130 Å². The van der Waals surface area contributed by atoms with E-state index in [2.05, 4.69) is 0 Å². The van der Waals surface area contributed by atoms with Crippen molar-refractivity contribution in [2.45, 2.75) is 37.5 Å². The maximum Gasteiger partial charge on any atom is 0.326 e. The summed E-state index contributed by atoms with van der Waals surface area (Å²) in [6.45, 7) is 0.160. The Hall–Kier alpha value is -1.67. The fraction of sp³-hybridized carbons (Fsp3) is 0.727. The fourth-order valence-corrected chi connectivity index (χ4v) is 2.06. The molecule has 1 rings (SSSR count). The zero-order chi connectivity index (χ0) is 14.6. The second kappa shape index (κ2) is 6.48. The third kappa shape index (κ3) is 3.90. The van der Waals surface area contributed by atoms with Crippen molar-refractivity contribution in [2.75, 3.05) is 13.7 Å². The molecule has 108 valence electrons. The lowest BCUT2D eigenvalue weighted by molar-refractivity contribution is -0.149. The summed E-state index contributed by atoms with van der Waals surface area (Å²) in [5.41, 5.74) is 5.61. The molecule has 0 spiro atoms. The third-order valence-corrected chi connectivity index (χ3v) is 3.15. The van der Waals surface area contributed by atoms with Crippen LogP contribution in [0.2, 0.25) is 0 Å². The molecule has 1 aliphatic rings. The highest BCUT2D eigenvalue weighted by Crippen LogP contribution is 2.21. The van der Waals surface area contributed by atoms with Crippen LogP contribution < -0.4 is 5.73 Å². The molecule has 4 N–H and O–H groups in total. The molecule has 1 fully saturated rings. The Morgan fingerprint density at radius 2 is 2.05 bits per heavy atom. The third-order valence-electron chi connectivity index (χ3n) is 3.15. The monoisotopic (exact) mass is 274 g/mol. The quantitative estimate of drug-likeness (QED) is 0.559. The van der Waals surface area contributed by atoms with Gasteiger partial charge in [-0.05, 0) is 6.42 Å². The van der Waals surface area contributed by atoms with Crippen molar-refractivity contribution in [1.29, 1.82) is 0 Å². The van der Waals surface area contributed by atoms with Crippen molar-refractivity contribution in [2.24, 2.45) is 5.73 Å². The summed E-state index contributed by atoms with van der Waals surface area (Å²) in [7, 11) is 1.45. The van der Waals surface area contributed by atoms with Gasteiger partial charge in [0.15, 0.2) is 0 Å². The normalized spacial score (nSPS) is 24.2. The van der Waals surface area contributed by atoms with E-state index in [1.54, 1.807) is 0 Å². The number of carboxylic acids is 2. The van der Waals surface area contributed by atoms with Gasteiger partial charge in [0.1, 0.15) is 6.04 Å². The zero-order valence-electron chi connectivity index (χ0n) is 10.6. The molecule has 0 aromatic heterocycles. The van der Waals surface area contributed by atoms with Crippen molar-refractivity contribution < 1.29 is 29.3 Å². The minimum absolute atomic E-state index is 0.0192. The van der Waals surface area contributed by atoms with Crippen LogP contribution in [0.25, 0.3) is 0 Å². The number of amides is 1. The number of carbonyl (C=O) groups is 3. The first-order chi connectivity index (χ1) is 8.86. The number of methoxy groups -OCH3 is 1. The summed E-state index contributed by atoms with van der Waals surface area (Å²) >= 11 is 0. The van der Waals surface area contributed by atoms with Crippen molar-refractivity contribution in [3.8, 4) is 0 Å². The van der Waals surface area contributed by atoms with Gasteiger partial charge >= 0.3 is 11.9 Å². The summed E-state index contributed by atoms with van der Waals surface area (Å²) < 4.78 is 5.06. The molecule has 8 nitrogen and oxygen atoms in total. The van der Waals surface area contributed by atoms with Crippen LogP contribution in [0.15, 0.2) is 0 Å². The Morgan fingerprint density at radius 1 is 1.42 bits per heavy atom. The molecule has 8 heteroatoms. The minimum atomic E-state index is -1.11. The van der Waals surface area contributed by atoms with Crippen molar-refractivity contribution in [1.82, 2.24) is 4.90 Å². The lowest BCUT2D eigenvalue weighted by atomic mass is 10.1. The predicted octanol–water partition coefficient (Wildman–Crippen LogP) is -1.12. The van der Waals surface area contributed by atoms with Crippen LogP contribution in [0, 0.1) is 0 Å². The van der Waals surface area contributed by atoms with Crippen molar-refractivity contribution in [3.05, 3.63) is 0 Å². The first kappa shape index (κ1) is 15.4. The second-order valence-electron chi connectivity index (χ2n) is 4.48. The summed E-state index contributed by atoms with van der Waals surface area (Å²) in [5.74, 6) is -2.71. The van der Waals surface area contributed by atoms with Crippen LogP contribution in [0.3, 0.4) is 0 Å². The molecule has 3 unspecified atom stereocenters. The predicted molar refractivity (Wildman–Crippen MR) is 63.4 cm³/mol. The number of carboxylic acid groups (broad SMARTS) is 2. The first-order valence-corrected chi connectivity index (χ1v) is 5.90. The first-order valence-electron chi connectivity index (χ1n) is 5.90. The Morgan fingerprint density at radius 3 is 2.53 bits per heavy atom. The van der Waals surface area contributed by atoms with Gasteiger partial charge < -0.3 is 25.6 Å². The number of ether oxygens (including phenoxy) is 1. The van der Waals surface area contributed by atoms with Gasteiger partial charge in [-0.15, -0.1) is 0 Å². The molecular weight excluding hydrogens is 256 g/mol. The SMILES string of the molecule is COC1CC(C(=O)O)N(C(=O)C(N)CCC(=O)O)C1.